The van der Waals surface area contributed by atoms with E-state index in [1.54, 1.807) is 0 Å². The number of rotatable bonds is 4. The summed E-state index contributed by atoms with van der Waals surface area (Å²) in [7, 11) is 0. The van der Waals surface area contributed by atoms with Gasteiger partial charge >= 0.3 is 0 Å². The summed E-state index contributed by atoms with van der Waals surface area (Å²) in [5.74, 6) is 0. The van der Waals surface area contributed by atoms with Crippen molar-refractivity contribution in [3.05, 3.63) is 34.4 Å². The van der Waals surface area contributed by atoms with Crippen LogP contribution in [0.2, 0.25) is 0 Å². The van der Waals surface area contributed by atoms with Crippen molar-refractivity contribution < 1.29 is 15.3 Å². The van der Waals surface area contributed by atoms with Gasteiger partial charge in [-0.1, -0.05) is 19.1 Å². The highest BCUT2D eigenvalue weighted by Gasteiger charge is 2.08. The van der Waals surface area contributed by atoms with Gasteiger partial charge in [-0.05, 0) is 28.7 Å². The monoisotopic (exact) mass is 196 g/mol. The smallest absolute Gasteiger partial charge is 0.0688 e. The third-order valence-electron chi connectivity index (χ3n) is 2.40. The first-order valence-corrected chi connectivity index (χ1v) is 4.72. The Morgan fingerprint density at radius 1 is 0.929 bits per heavy atom. The lowest BCUT2D eigenvalue weighted by atomic mass is 9.97. The van der Waals surface area contributed by atoms with Gasteiger partial charge in [0.1, 0.15) is 0 Å². The van der Waals surface area contributed by atoms with Gasteiger partial charge < -0.3 is 15.3 Å². The van der Waals surface area contributed by atoms with E-state index in [1.807, 2.05) is 19.1 Å². The van der Waals surface area contributed by atoms with Crippen molar-refractivity contribution in [3.8, 4) is 0 Å². The lowest BCUT2D eigenvalue weighted by Gasteiger charge is -2.12. The van der Waals surface area contributed by atoms with Crippen LogP contribution in [0, 0.1) is 0 Å². The van der Waals surface area contributed by atoms with Gasteiger partial charge in [0, 0.05) is 0 Å². The summed E-state index contributed by atoms with van der Waals surface area (Å²) >= 11 is 0. The molecule has 1 aromatic carbocycles. The Balaban J connectivity index is 3.24. The summed E-state index contributed by atoms with van der Waals surface area (Å²) in [6.45, 7) is 1.67. The minimum atomic E-state index is -0.143. The molecule has 0 spiro atoms. The van der Waals surface area contributed by atoms with Crippen molar-refractivity contribution in [1.82, 2.24) is 0 Å². The van der Waals surface area contributed by atoms with Crippen LogP contribution >= 0.6 is 0 Å². The maximum absolute atomic E-state index is 9.10. The molecule has 3 nitrogen and oxygen atoms in total. The first-order valence-electron chi connectivity index (χ1n) is 4.72. The van der Waals surface area contributed by atoms with E-state index in [-0.39, 0.29) is 19.8 Å². The molecule has 0 aliphatic carbocycles. The zero-order chi connectivity index (χ0) is 10.6. The molecule has 0 radical (unpaired) electrons. The lowest BCUT2D eigenvalue weighted by molar-refractivity contribution is 0.247. The van der Waals surface area contributed by atoms with Crippen LogP contribution in [0.3, 0.4) is 0 Å². The Labute approximate surface area is 83.6 Å². The topological polar surface area (TPSA) is 60.7 Å². The van der Waals surface area contributed by atoms with Crippen molar-refractivity contribution in [2.24, 2.45) is 0 Å². The average Bonchev–Trinajstić information content (AvgIpc) is 2.26. The molecule has 3 N–H and O–H groups in total. The molecule has 78 valence electrons. The maximum atomic E-state index is 9.10. The van der Waals surface area contributed by atoms with Crippen LogP contribution in [0.4, 0.5) is 0 Å². The predicted octanol–water partition coefficient (Wildman–Crippen LogP) is 0.726. The molecule has 0 aliphatic heterocycles. The van der Waals surface area contributed by atoms with Gasteiger partial charge in [-0.2, -0.15) is 0 Å². The fourth-order valence-corrected chi connectivity index (χ4v) is 1.56. The van der Waals surface area contributed by atoms with Crippen LogP contribution in [-0.2, 0) is 26.2 Å². The summed E-state index contributed by atoms with van der Waals surface area (Å²) in [5, 5.41) is 27.3. The van der Waals surface area contributed by atoms with Crippen molar-refractivity contribution in [1.29, 1.82) is 0 Å². The van der Waals surface area contributed by atoms with Crippen LogP contribution in [0.15, 0.2) is 12.1 Å². The number of aliphatic hydroxyl groups is 3. The molecule has 0 saturated heterocycles. The van der Waals surface area contributed by atoms with E-state index < -0.39 is 0 Å². The molecule has 0 fully saturated rings. The Hall–Kier alpha value is -0.900. The quantitative estimate of drug-likeness (QED) is 0.665. The largest absolute Gasteiger partial charge is 0.392 e. The highest BCUT2D eigenvalue weighted by molar-refractivity contribution is 5.38. The third-order valence-corrected chi connectivity index (χ3v) is 2.40. The molecule has 14 heavy (non-hydrogen) atoms. The first-order chi connectivity index (χ1) is 6.76. The van der Waals surface area contributed by atoms with E-state index in [0.717, 1.165) is 12.0 Å². The van der Waals surface area contributed by atoms with Crippen LogP contribution in [0.5, 0.6) is 0 Å². The van der Waals surface area contributed by atoms with Crippen LogP contribution in [-0.4, -0.2) is 15.3 Å². The second-order valence-electron chi connectivity index (χ2n) is 3.22. The van der Waals surface area contributed by atoms with Crippen LogP contribution in [0.1, 0.15) is 29.2 Å². The third kappa shape index (κ3) is 2.12. The average molecular weight is 196 g/mol. The minimum absolute atomic E-state index is 0.100. The zero-order valence-electron chi connectivity index (χ0n) is 8.32. The van der Waals surface area contributed by atoms with E-state index in [0.29, 0.717) is 16.7 Å². The maximum Gasteiger partial charge on any atom is 0.0688 e. The fourth-order valence-electron chi connectivity index (χ4n) is 1.56. The van der Waals surface area contributed by atoms with Crippen molar-refractivity contribution in [3.63, 3.8) is 0 Å². The number of hydrogen-bond acceptors (Lipinski definition) is 3. The van der Waals surface area contributed by atoms with Crippen LogP contribution in [0.25, 0.3) is 0 Å². The van der Waals surface area contributed by atoms with Gasteiger partial charge in [-0.3, -0.25) is 0 Å². The van der Waals surface area contributed by atoms with Gasteiger partial charge in [0.2, 0.25) is 0 Å². The molecule has 0 aromatic heterocycles. The van der Waals surface area contributed by atoms with Crippen LogP contribution < -0.4 is 0 Å². The number of aliphatic hydroxyl groups excluding tert-OH is 3. The molecule has 0 unspecified atom stereocenters. The lowest BCUT2D eigenvalue weighted by Crippen LogP contribution is -2.02. The standard InChI is InChI=1S/C11H16O3/c1-2-8-3-9(5-12)11(7-14)10(4-8)6-13/h3-4,12-14H,2,5-7H2,1H3. The SMILES string of the molecule is CCc1cc(CO)c(CO)c(CO)c1. The summed E-state index contributed by atoms with van der Waals surface area (Å²) in [6, 6.07) is 3.73. The van der Waals surface area contributed by atoms with Gasteiger partial charge in [-0.25, -0.2) is 0 Å². The predicted molar refractivity (Wildman–Crippen MR) is 53.6 cm³/mol. The molecule has 3 heteroatoms. The second kappa shape index (κ2) is 5.10. The minimum Gasteiger partial charge on any atom is -0.392 e. The Morgan fingerprint density at radius 2 is 1.43 bits per heavy atom. The molecule has 0 heterocycles. The molecule has 1 aromatic rings. The molecular weight excluding hydrogens is 180 g/mol. The van der Waals surface area contributed by atoms with E-state index in [1.165, 1.54) is 0 Å². The van der Waals surface area contributed by atoms with E-state index in [9.17, 15) is 0 Å². The van der Waals surface area contributed by atoms with Crippen molar-refractivity contribution >= 4 is 0 Å². The molecule has 0 bridgehead atoms. The molecule has 1 rings (SSSR count). The number of benzene rings is 1. The van der Waals surface area contributed by atoms with E-state index in [2.05, 4.69) is 0 Å². The van der Waals surface area contributed by atoms with Gasteiger partial charge in [0.15, 0.2) is 0 Å². The zero-order valence-corrected chi connectivity index (χ0v) is 8.32. The highest BCUT2D eigenvalue weighted by Crippen LogP contribution is 2.19. The summed E-state index contributed by atoms with van der Waals surface area (Å²) in [4.78, 5) is 0. The molecule has 0 atom stereocenters. The Bertz CT molecular complexity index is 282. The highest BCUT2D eigenvalue weighted by atomic mass is 16.3. The second-order valence-corrected chi connectivity index (χ2v) is 3.22. The van der Waals surface area contributed by atoms with Gasteiger partial charge in [-0.15, -0.1) is 0 Å². The number of aryl methyl sites for hydroxylation is 1. The normalized spacial score (nSPS) is 10.6. The molecule has 0 saturated carbocycles. The number of hydrogen-bond donors (Lipinski definition) is 3. The first kappa shape index (κ1) is 11.2. The summed E-state index contributed by atoms with van der Waals surface area (Å²) in [5.41, 5.74) is 3.12. The van der Waals surface area contributed by atoms with E-state index in [4.69, 9.17) is 15.3 Å². The van der Waals surface area contributed by atoms with Gasteiger partial charge in [0.05, 0.1) is 19.8 Å². The van der Waals surface area contributed by atoms with Crippen molar-refractivity contribution in [2.75, 3.05) is 0 Å². The fraction of sp³-hybridized carbons (Fsp3) is 0.455. The summed E-state index contributed by atoms with van der Waals surface area (Å²) in [6.07, 6.45) is 0.853. The van der Waals surface area contributed by atoms with Gasteiger partial charge in [0.25, 0.3) is 0 Å². The Kier molecular flexibility index (Phi) is 4.07. The van der Waals surface area contributed by atoms with E-state index >= 15 is 0 Å². The molecular formula is C11H16O3. The Morgan fingerprint density at radius 3 is 1.71 bits per heavy atom. The summed E-state index contributed by atoms with van der Waals surface area (Å²) < 4.78 is 0. The molecule has 0 aliphatic rings. The molecule has 0 amide bonds. The van der Waals surface area contributed by atoms with Crippen molar-refractivity contribution in [2.45, 2.75) is 33.2 Å².